The fourth-order valence-corrected chi connectivity index (χ4v) is 6.02. The standard InChI is InChI=1S/C21H17F3N2OS/c22-21(23,24)15-9-7-13(8-10-15)18-25-19(27)20(28-18)12-14-4-1-2-5-16(14)26-11-3-6-17(20)26/h1-2,4-5,7-10,17H,3,6,11-12H2. The first-order valence-corrected chi connectivity index (χ1v) is 10.0. The molecular weight excluding hydrogens is 385 g/mol. The van der Waals surface area contributed by atoms with Crippen LogP contribution in [0.25, 0.3) is 0 Å². The highest BCUT2D eigenvalue weighted by Gasteiger charge is 2.57. The van der Waals surface area contributed by atoms with Gasteiger partial charge >= 0.3 is 6.18 Å². The van der Waals surface area contributed by atoms with E-state index in [-0.39, 0.29) is 11.9 Å². The predicted molar refractivity (Wildman–Crippen MR) is 104 cm³/mol. The number of fused-ring (bicyclic) bond motifs is 4. The Bertz CT molecular complexity index is 986. The maximum atomic E-state index is 13.1. The van der Waals surface area contributed by atoms with E-state index < -0.39 is 16.5 Å². The average molecular weight is 402 g/mol. The number of carbonyl (C=O) groups is 1. The van der Waals surface area contributed by atoms with Crippen molar-refractivity contribution >= 4 is 28.4 Å². The fraction of sp³-hybridized carbons (Fsp3) is 0.333. The first-order valence-electron chi connectivity index (χ1n) is 9.23. The Morgan fingerprint density at radius 3 is 2.61 bits per heavy atom. The van der Waals surface area contributed by atoms with Gasteiger partial charge in [-0.2, -0.15) is 13.2 Å². The number of alkyl halides is 3. The van der Waals surface area contributed by atoms with Gasteiger partial charge in [0, 0.05) is 24.2 Å². The number of anilines is 1. The highest BCUT2D eigenvalue weighted by molar-refractivity contribution is 8.16. The van der Waals surface area contributed by atoms with Crippen LogP contribution in [-0.2, 0) is 17.4 Å². The van der Waals surface area contributed by atoms with Crippen molar-refractivity contribution in [2.45, 2.75) is 36.2 Å². The summed E-state index contributed by atoms with van der Waals surface area (Å²) in [6, 6.07) is 13.1. The molecule has 1 fully saturated rings. The quantitative estimate of drug-likeness (QED) is 0.694. The summed E-state index contributed by atoms with van der Waals surface area (Å²) in [5, 5.41) is 0.518. The van der Waals surface area contributed by atoms with Crippen molar-refractivity contribution in [3.8, 4) is 0 Å². The van der Waals surface area contributed by atoms with E-state index in [4.69, 9.17) is 0 Å². The van der Waals surface area contributed by atoms with E-state index in [1.54, 1.807) is 0 Å². The zero-order valence-electron chi connectivity index (χ0n) is 14.9. The van der Waals surface area contributed by atoms with E-state index in [1.165, 1.54) is 29.6 Å². The van der Waals surface area contributed by atoms with Crippen molar-refractivity contribution in [2.24, 2.45) is 4.99 Å². The van der Waals surface area contributed by atoms with Crippen molar-refractivity contribution in [1.82, 2.24) is 0 Å². The molecular formula is C21H17F3N2OS. The van der Waals surface area contributed by atoms with Crippen molar-refractivity contribution in [2.75, 3.05) is 11.4 Å². The second-order valence-corrected chi connectivity index (χ2v) is 8.77. The maximum absolute atomic E-state index is 13.1. The lowest BCUT2D eigenvalue weighted by molar-refractivity contribution is -0.137. The monoisotopic (exact) mass is 402 g/mol. The summed E-state index contributed by atoms with van der Waals surface area (Å²) in [4.78, 5) is 19.7. The van der Waals surface area contributed by atoms with Crippen LogP contribution in [0.15, 0.2) is 53.5 Å². The van der Waals surface area contributed by atoms with Crippen LogP contribution < -0.4 is 4.90 Å². The number of carbonyl (C=O) groups excluding carboxylic acids is 1. The van der Waals surface area contributed by atoms with Gasteiger partial charge in [-0.05, 0) is 36.6 Å². The van der Waals surface area contributed by atoms with Crippen LogP contribution in [0.5, 0.6) is 0 Å². The van der Waals surface area contributed by atoms with Gasteiger partial charge in [0.05, 0.1) is 11.6 Å². The normalized spacial score (nSPS) is 26.4. The van der Waals surface area contributed by atoms with E-state index in [2.05, 4.69) is 22.0 Å². The van der Waals surface area contributed by atoms with Crippen LogP contribution in [0.1, 0.15) is 29.5 Å². The summed E-state index contributed by atoms with van der Waals surface area (Å²) in [5.74, 6) is -0.168. The topological polar surface area (TPSA) is 32.7 Å². The lowest BCUT2D eigenvalue weighted by Crippen LogP contribution is -2.55. The molecule has 1 amide bonds. The van der Waals surface area contributed by atoms with Gasteiger partial charge in [0.15, 0.2) is 0 Å². The van der Waals surface area contributed by atoms with Crippen LogP contribution in [0.3, 0.4) is 0 Å². The van der Waals surface area contributed by atoms with Crippen molar-refractivity contribution in [1.29, 1.82) is 0 Å². The van der Waals surface area contributed by atoms with Gasteiger partial charge in [0.1, 0.15) is 9.79 Å². The van der Waals surface area contributed by atoms with E-state index in [0.29, 0.717) is 17.0 Å². The van der Waals surface area contributed by atoms with Gasteiger partial charge in [0.25, 0.3) is 5.91 Å². The zero-order valence-corrected chi connectivity index (χ0v) is 15.7. The van der Waals surface area contributed by atoms with Crippen molar-refractivity contribution in [3.63, 3.8) is 0 Å². The number of thioether (sulfide) groups is 1. The molecule has 28 heavy (non-hydrogen) atoms. The lowest BCUT2D eigenvalue weighted by Gasteiger charge is -2.44. The van der Waals surface area contributed by atoms with Crippen LogP contribution in [0.2, 0.25) is 0 Å². The molecule has 144 valence electrons. The van der Waals surface area contributed by atoms with Gasteiger partial charge in [-0.25, -0.2) is 4.99 Å². The number of hydrogen-bond acceptors (Lipinski definition) is 3. The molecule has 1 spiro atoms. The number of rotatable bonds is 1. The van der Waals surface area contributed by atoms with Gasteiger partial charge in [-0.1, -0.05) is 42.1 Å². The Balaban J connectivity index is 1.50. The predicted octanol–water partition coefficient (Wildman–Crippen LogP) is 4.69. The zero-order chi connectivity index (χ0) is 19.5. The minimum absolute atomic E-state index is 0.0654. The van der Waals surface area contributed by atoms with Crippen molar-refractivity contribution in [3.05, 3.63) is 65.2 Å². The molecule has 2 aromatic rings. The fourth-order valence-electron chi connectivity index (χ4n) is 4.55. The van der Waals surface area contributed by atoms with Gasteiger partial charge in [-0.3, -0.25) is 4.79 Å². The van der Waals surface area contributed by atoms with Crippen LogP contribution >= 0.6 is 11.8 Å². The number of aliphatic imine (C=N–C) groups is 1. The van der Waals surface area contributed by atoms with E-state index in [0.717, 1.165) is 37.1 Å². The van der Waals surface area contributed by atoms with Crippen LogP contribution in [0.4, 0.5) is 18.9 Å². The minimum atomic E-state index is -4.38. The lowest BCUT2D eigenvalue weighted by atomic mass is 9.84. The molecule has 5 rings (SSSR count). The summed E-state index contributed by atoms with van der Waals surface area (Å²) in [5.41, 5.74) is 2.18. The Kier molecular flexibility index (Phi) is 3.88. The molecule has 7 heteroatoms. The molecule has 2 atom stereocenters. The number of hydrogen-bond donors (Lipinski definition) is 0. The SMILES string of the molecule is O=C1N=C(c2ccc(C(F)(F)F)cc2)SC12Cc1ccccc1N1CCCC12. The molecule has 0 aromatic heterocycles. The molecule has 3 heterocycles. The van der Waals surface area contributed by atoms with E-state index in [9.17, 15) is 18.0 Å². The molecule has 0 aliphatic carbocycles. The Hall–Kier alpha value is -2.28. The summed E-state index contributed by atoms with van der Waals surface area (Å²) in [7, 11) is 0. The summed E-state index contributed by atoms with van der Waals surface area (Å²) in [6.45, 7) is 0.910. The van der Waals surface area contributed by atoms with Crippen molar-refractivity contribution < 1.29 is 18.0 Å². The van der Waals surface area contributed by atoms with Gasteiger partial charge < -0.3 is 4.90 Å². The molecule has 0 bridgehead atoms. The number of amides is 1. The number of benzene rings is 2. The molecule has 2 aromatic carbocycles. The molecule has 0 N–H and O–H groups in total. The second-order valence-electron chi connectivity index (χ2n) is 7.45. The molecule has 3 aliphatic rings. The number of halogens is 3. The van der Waals surface area contributed by atoms with Crippen LogP contribution in [-0.4, -0.2) is 28.3 Å². The third kappa shape index (κ3) is 2.59. The molecule has 3 nitrogen and oxygen atoms in total. The summed E-state index contributed by atoms with van der Waals surface area (Å²) >= 11 is 1.43. The summed E-state index contributed by atoms with van der Waals surface area (Å²) < 4.78 is 37.8. The Morgan fingerprint density at radius 1 is 1.11 bits per heavy atom. The maximum Gasteiger partial charge on any atom is 0.416 e. The largest absolute Gasteiger partial charge is 0.416 e. The first-order chi connectivity index (χ1) is 13.4. The summed E-state index contributed by atoms with van der Waals surface area (Å²) in [6.07, 6.45) is -1.84. The first kappa shape index (κ1) is 17.8. The molecule has 0 saturated carbocycles. The minimum Gasteiger partial charge on any atom is -0.366 e. The third-order valence-electron chi connectivity index (χ3n) is 5.85. The molecule has 2 unspecified atom stereocenters. The van der Waals surface area contributed by atoms with E-state index in [1.807, 2.05) is 12.1 Å². The van der Waals surface area contributed by atoms with Gasteiger partial charge in [-0.15, -0.1) is 0 Å². The average Bonchev–Trinajstić information content (AvgIpc) is 3.28. The Morgan fingerprint density at radius 2 is 1.86 bits per heavy atom. The van der Waals surface area contributed by atoms with E-state index >= 15 is 0 Å². The number of para-hydroxylation sites is 1. The third-order valence-corrected chi connectivity index (χ3v) is 7.32. The highest BCUT2D eigenvalue weighted by Crippen LogP contribution is 2.51. The number of nitrogens with zero attached hydrogens (tertiary/aromatic N) is 2. The smallest absolute Gasteiger partial charge is 0.366 e. The van der Waals surface area contributed by atoms with Gasteiger partial charge in [0.2, 0.25) is 0 Å². The molecule has 1 saturated heterocycles. The highest BCUT2D eigenvalue weighted by atomic mass is 32.2. The molecule has 3 aliphatic heterocycles. The molecule has 0 radical (unpaired) electrons. The van der Waals surface area contributed by atoms with Crippen LogP contribution in [0, 0.1) is 0 Å². The Labute approximate surface area is 164 Å². The second kappa shape index (κ2) is 6.11.